The minimum Gasteiger partial charge on any atom is -0.326 e. The molecule has 0 amide bonds. The molecule has 4 nitrogen and oxygen atoms in total. The number of hydrogen-bond acceptors (Lipinski definition) is 3. The van der Waals surface area contributed by atoms with Crippen molar-refractivity contribution < 1.29 is 0 Å². The standard InChI is InChI=1S/C13H19ClN4/c1-4-10(15)7-18-12(8(2)3)17-11-5-9(14)6-16-13(11)18/h5-6,8,10H,4,7,15H2,1-3H3. The van der Waals surface area contributed by atoms with Crippen LogP contribution in [0.25, 0.3) is 11.2 Å². The summed E-state index contributed by atoms with van der Waals surface area (Å²) in [6.07, 6.45) is 2.59. The average molecular weight is 267 g/mol. The van der Waals surface area contributed by atoms with Crippen molar-refractivity contribution >= 4 is 22.8 Å². The van der Waals surface area contributed by atoms with Crippen LogP contribution in [0, 0.1) is 0 Å². The van der Waals surface area contributed by atoms with Gasteiger partial charge in [0.2, 0.25) is 0 Å². The molecule has 0 aromatic carbocycles. The van der Waals surface area contributed by atoms with E-state index in [1.807, 2.05) is 6.07 Å². The minimum atomic E-state index is 0.123. The van der Waals surface area contributed by atoms with Gasteiger partial charge in [-0.3, -0.25) is 0 Å². The third-order valence-electron chi connectivity index (χ3n) is 3.04. The molecule has 0 aliphatic rings. The lowest BCUT2D eigenvalue weighted by atomic mass is 10.2. The molecule has 2 N–H and O–H groups in total. The SMILES string of the molecule is CCC(N)Cn1c(C(C)C)nc2cc(Cl)cnc21. The van der Waals surface area contributed by atoms with Crippen molar-refractivity contribution in [2.45, 2.75) is 45.7 Å². The molecule has 2 aromatic heterocycles. The Morgan fingerprint density at radius 3 is 2.78 bits per heavy atom. The van der Waals surface area contributed by atoms with Crippen LogP contribution in [-0.2, 0) is 6.54 Å². The highest BCUT2D eigenvalue weighted by Crippen LogP contribution is 2.23. The van der Waals surface area contributed by atoms with E-state index in [-0.39, 0.29) is 6.04 Å². The number of fused-ring (bicyclic) bond motifs is 1. The highest BCUT2D eigenvalue weighted by atomic mass is 35.5. The smallest absolute Gasteiger partial charge is 0.160 e. The lowest BCUT2D eigenvalue weighted by molar-refractivity contribution is 0.521. The number of imidazole rings is 1. The van der Waals surface area contributed by atoms with E-state index in [0.29, 0.717) is 10.9 Å². The molecule has 0 aliphatic carbocycles. The maximum absolute atomic E-state index is 6.05. The van der Waals surface area contributed by atoms with Crippen LogP contribution in [0.3, 0.4) is 0 Å². The van der Waals surface area contributed by atoms with E-state index in [2.05, 4.69) is 35.3 Å². The Balaban J connectivity index is 2.55. The maximum Gasteiger partial charge on any atom is 0.160 e. The summed E-state index contributed by atoms with van der Waals surface area (Å²) in [4.78, 5) is 9.00. The summed E-state index contributed by atoms with van der Waals surface area (Å²) < 4.78 is 2.12. The number of aromatic nitrogens is 3. The Bertz CT molecular complexity index is 547. The molecule has 0 saturated heterocycles. The fourth-order valence-electron chi connectivity index (χ4n) is 1.99. The van der Waals surface area contributed by atoms with Crippen LogP contribution in [0.5, 0.6) is 0 Å². The summed E-state index contributed by atoms with van der Waals surface area (Å²) in [7, 11) is 0. The molecule has 0 fully saturated rings. The summed E-state index contributed by atoms with van der Waals surface area (Å²) >= 11 is 5.96. The topological polar surface area (TPSA) is 56.7 Å². The summed E-state index contributed by atoms with van der Waals surface area (Å²) in [5, 5.41) is 0.613. The van der Waals surface area contributed by atoms with Crippen LogP contribution >= 0.6 is 11.6 Å². The zero-order chi connectivity index (χ0) is 13.3. The first-order valence-electron chi connectivity index (χ1n) is 6.30. The second-order valence-corrected chi connectivity index (χ2v) is 5.34. The normalized spacial score (nSPS) is 13.4. The highest BCUT2D eigenvalue weighted by Gasteiger charge is 2.16. The van der Waals surface area contributed by atoms with Gasteiger partial charge >= 0.3 is 0 Å². The number of nitrogens with two attached hydrogens (primary N) is 1. The Morgan fingerprint density at radius 1 is 1.44 bits per heavy atom. The van der Waals surface area contributed by atoms with Gasteiger partial charge in [-0.15, -0.1) is 0 Å². The van der Waals surface area contributed by atoms with Gasteiger partial charge in [0.05, 0.1) is 5.02 Å². The average Bonchev–Trinajstić information content (AvgIpc) is 2.67. The summed E-state index contributed by atoms with van der Waals surface area (Å²) in [6, 6.07) is 1.97. The first-order valence-corrected chi connectivity index (χ1v) is 6.68. The fraction of sp³-hybridized carbons (Fsp3) is 0.538. The lowest BCUT2D eigenvalue weighted by Crippen LogP contribution is -2.26. The Hall–Kier alpha value is -1.13. The van der Waals surface area contributed by atoms with Gasteiger partial charge in [0, 0.05) is 24.7 Å². The monoisotopic (exact) mass is 266 g/mol. The molecule has 18 heavy (non-hydrogen) atoms. The van der Waals surface area contributed by atoms with Crippen LogP contribution in [0.4, 0.5) is 0 Å². The van der Waals surface area contributed by atoms with Crippen LogP contribution in [-0.4, -0.2) is 20.6 Å². The molecule has 1 unspecified atom stereocenters. The molecule has 2 rings (SSSR count). The van der Waals surface area contributed by atoms with E-state index in [0.717, 1.165) is 30.0 Å². The maximum atomic E-state index is 6.05. The molecule has 0 spiro atoms. The van der Waals surface area contributed by atoms with E-state index in [1.54, 1.807) is 6.20 Å². The summed E-state index contributed by atoms with van der Waals surface area (Å²) in [6.45, 7) is 7.08. The van der Waals surface area contributed by atoms with Crippen LogP contribution < -0.4 is 5.73 Å². The van der Waals surface area contributed by atoms with Gasteiger partial charge in [0.25, 0.3) is 0 Å². The van der Waals surface area contributed by atoms with Crippen molar-refractivity contribution in [2.75, 3.05) is 0 Å². The molecule has 98 valence electrons. The number of rotatable bonds is 4. The third kappa shape index (κ3) is 2.49. The largest absolute Gasteiger partial charge is 0.326 e. The molecule has 0 saturated carbocycles. The Kier molecular flexibility index (Phi) is 3.88. The van der Waals surface area contributed by atoms with E-state index in [4.69, 9.17) is 17.3 Å². The predicted molar refractivity (Wildman–Crippen MR) is 74.9 cm³/mol. The second kappa shape index (κ2) is 5.24. The summed E-state index contributed by atoms with van der Waals surface area (Å²) in [5.74, 6) is 1.35. The van der Waals surface area contributed by atoms with Crippen LogP contribution in [0.1, 0.15) is 38.9 Å². The molecular weight excluding hydrogens is 248 g/mol. The van der Waals surface area contributed by atoms with Gasteiger partial charge in [0.1, 0.15) is 11.3 Å². The van der Waals surface area contributed by atoms with Gasteiger partial charge in [-0.2, -0.15) is 0 Å². The number of nitrogens with zero attached hydrogens (tertiary/aromatic N) is 3. The first-order chi connectivity index (χ1) is 8.52. The fourth-order valence-corrected chi connectivity index (χ4v) is 2.14. The van der Waals surface area contributed by atoms with E-state index < -0.39 is 0 Å². The van der Waals surface area contributed by atoms with Crippen molar-refractivity contribution in [3.05, 3.63) is 23.1 Å². The molecule has 1 atom stereocenters. The van der Waals surface area contributed by atoms with Gasteiger partial charge in [-0.1, -0.05) is 32.4 Å². The minimum absolute atomic E-state index is 0.123. The summed E-state index contributed by atoms with van der Waals surface area (Å²) in [5.41, 5.74) is 7.76. The van der Waals surface area contributed by atoms with E-state index in [9.17, 15) is 0 Å². The van der Waals surface area contributed by atoms with Crippen LogP contribution in [0.2, 0.25) is 5.02 Å². The first kappa shape index (κ1) is 13.3. The van der Waals surface area contributed by atoms with Gasteiger partial charge < -0.3 is 10.3 Å². The third-order valence-corrected chi connectivity index (χ3v) is 3.25. The van der Waals surface area contributed by atoms with Gasteiger partial charge in [-0.25, -0.2) is 9.97 Å². The van der Waals surface area contributed by atoms with Crippen molar-refractivity contribution in [3.63, 3.8) is 0 Å². The quantitative estimate of drug-likeness (QED) is 0.926. The van der Waals surface area contributed by atoms with Crippen molar-refractivity contribution in [2.24, 2.45) is 5.73 Å². The van der Waals surface area contributed by atoms with E-state index in [1.165, 1.54) is 0 Å². The number of pyridine rings is 1. The number of hydrogen-bond donors (Lipinski definition) is 1. The predicted octanol–water partition coefficient (Wildman–Crippen LogP) is 2.95. The van der Waals surface area contributed by atoms with E-state index >= 15 is 0 Å². The zero-order valence-corrected chi connectivity index (χ0v) is 11.8. The Labute approximate surface area is 112 Å². The molecule has 5 heteroatoms. The molecule has 2 heterocycles. The van der Waals surface area contributed by atoms with Crippen LogP contribution in [0.15, 0.2) is 12.3 Å². The number of halogens is 1. The Morgan fingerprint density at radius 2 is 2.17 bits per heavy atom. The molecule has 0 radical (unpaired) electrons. The molecule has 0 bridgehead atoms. The van der Waals surface area contributed by atoms with Crippen molar-refractivity contribution in [1.82, 2.24) is 14.5 Å². The lowest BCUT2D eigenvalue weighted by Gasteiger charge is -2.14. The second-order valence-electron chi connectivity index (χ2n) is 4.90. The molecule has 0 aliphatic heterocycles. The highest BCUT2D eigenvalue weighted by molar-refractivity contribution is 6.31. The van der Waals surface area contributed by atoms with Gasteiger partial charge in [0.15, 0.2) is 5.65 Å². The zero-order valence-electron chi connectivity index (χ0n) is 11.0. The molecule has 2 aromatic rings. The van der Waals surface area contributed by atoms with Crippen molar-refractivity contribution in [3.8, 4) is 0 Å². The van der Waals surface area contributed by atoms with Gasteiger partial charge in [-0.05, 0) is 12.5 Å². The molecular formula is C13H19ClN4. The van der Waals surface area contributed by atoms with Crippen molar-refractivity contribution in [1.29, 1.82) is 0 Å².